The van der Waals surface area contributed by atoms with Gasteiger partial charge in [0.25, 0.3) is 0 Å². The molecule has 0 aliphatic carbocycles. The van der Waals surface area contributed by atoms with Crippen LogP contribution in [0.2, 0.25) is 0 Å². The van der Waals surface area contributed by atoms with Gasteiger partial charge in [0.05, 0.1) is 13.0 Å². The molecule has 0 unspecified atom stereocenters. The molecule has 2 amide bonds. The fraction of sp³-hybridized carbons (Fsp3) is 0.323. The summed E-state index contributed by atoms with van der Waals surface area (Å²) in [6, 6.07) is 21.7. The van der Waals surface area contributed by atoms with E-state index in [1.807, 2.05) is 72.5 Å². The fourth-order valence-electron chi connectivity index (χ4n) is 4.71. The molecule has 8 heteroatoms. The minimum absolute atomic E-state index is 0.0132. The van der Waals surface area contributed by atoms with Crippen molar-refractivity contribution in [2.45, 2.75) is 45.6 Å². The van der Waals surface area contributed by atoms with Crippen LogP contribution in [-0.4, -0.2) is 42.8 Å². The maximum atomic E-state index is 13.2. The number of aryl methyl sites for hydroxylation is 1. The first-order chi connectivity index (χ1) is 18.9. The second kappa shape index (κ2) is 13.5. The first-order valence-electron chi connectivity index (χ1n) is 13.2. The molecule has 2 N–H and O–H groups in total. The van der Waals surface area contributed by atoms with Gasteiger partial charge >= 0.3 is 12.1 Å². The molecular formula is C31H34N2O6. The van der Waals surface area contributed by atoms with E-state index in [-0.39, 0.29) is 25.5 Å². The SMILES string of the molecule is Cc1ccccc1OCCCC(=O)N1CCCc2c(-c3cccc(COC(=O)NCCC(=O)O)c3)cccc21. The predicted molar refractivity (Wildman–Crippen MR) is 149 cm³/mol. The number of fused-ring (bicyclic) bond motifs is 1. The first kappa shape index (κ1) is 27.7. The summed E-state index contributed by atoms with van der Waals surface area (Å²) in [6.07, 6.45) is 2.00. The summed E-state index contributed by atoms with van der Waals surface area (Å²) in [4.78, 5) is 37.5. The standard InChI is InChI=1S/C31H34N2O6/c1-22-8-2-3-14-28(22)38-19-7-15-29(34)33-18-6-12-26-25(11-5-13-27(26)33)24-10-4-9-23(20-24)21-39-31(37)32-17-16-30(35)36/h2-5,8-11,13-14,20H,6-7,12,15-19,21H2,1H3,(H,32,37)(H,35,36). The Morgan fingerprint density at radius 2 is 1.82 bits per heavy atom. The molecule has 0 saturated carbocycles. The van der Waals surface area contributed by atoms with Crippen molar-refractivity contribution in [3.05, 3.63) is 83.4 Å². The maximum absolute atomic E-state index is 13.2. The molecule has 1 aliphatic rings. The molecule has 204 valence electrons. The lowest BCUT2D eigenvalue weighted by Crippen LogP contribution is -2.35. The van der Waals surface area contributed by atoms with E-state index in [4.69, 9.17) is 14.6 Å². The molecule has 3 aromatic rings. The number of benzene rings is 3. The lowest BCUT2D eigenvalue weighted by atomic mass is 9.91. The van der Waals surface area contributed by atoms with Gasteiger partial charge in [-0.1, -0.05) is 48.5 Å². The molecule has 0 atom stereocenters. The number of hydrogen-bond donors (Lipinski definition) is 2. The number of para-hydroxylation sites is 1. The third-order valence-electron chi connectivity index (χ3n) is 6.65. The maximum Gasteiger partial charge on any atom is 0.407 e. The van der Waals surface area contributed by atoms with E-state index in [0.717, 1.165) is 52.1 Å². The fourth-order valence-corrected chi connectivity index (χ4v) is 4.71. The summed E-state index contributed by atoms with van der Waals surface area (Å²) in [7, 11) is 0. The van der Waals surface area contributed by atoms with Gasteiger partial charge in [-0.3, -0.25) is 9.59 Å². The Kier molecular flexibility index (Phi) is 9.56. The van der Waals surface area contributed by atoms with Crippen LogP contribution >= 0.6 is 0 Å². The van der Waals surface area contributed by atoms with Crippen molar-refractivity contribution >= 4 is 23.7 Å². The van der Waals surface area contributed by atoms with Crippen LogP contribution in [0.1, 0.15) is 42.4 Å². The number of nitrogens with one attached hydrogen (secondary N) is 1. The van der Waals surface area contributed by atoms with Crippen molar-refractivity contribution in [2.24, 2.45) is 0 Å². The summed E-state index contributed by atoms with van der Waals surface area (Å²) in [5, 5.41) is 11.1. The second-order valence-corrected chi connectivity index (χ2v) is 9.52. The van der Waals surface area contributed by atoms with Crippen LogP contribution in [0, 0.1) is 6.92 Å². The molecule has 0 saturated heterocycles. The van der Waals surface area contributed by atoms with E-state index in [1.54, 1.807) is 0 Å². The van der Waals surface area contributed by atoms with Gasteiger partial charge in [-0.2, -0.15) is 0 Å². The predicted octanol–water partition coefficient (Wildman–Crippen LogP) is 5.50. The van der Waals surface area contributed by atoms with Crippen LogP contribution in [-0.2, 0) is 27.4 Å². The summed E-state index contributed by atoms with van der Waals surface area (Å²) < 4.78 is 11.1. The Hall–Kier alpha value is -4.33. The summed E-state index contributed by atoms with van der Waals surface area (Å²) >= 11 is 0. The van der Waals surface area contributed by atoms with Crippen molar-refractivity contribution in [1.29, 1.82) is 0 Å². The number of carboxylic acid groups (broad SMARTS) is 1. The average molecular weight is 531 g/mol. The van der Waals surface area contributed by atoms with Crippen LogP contribution in [0.15, 0.2) is 66.7 Å². The number of anilines is 1. The number of hydrogen-bond acceptors (Lipinski definition) is 5. The monoisotopic (exact) mass is 530 g/mol. The summed E-state index contributed by atoms with van der Waals surface area (Å²) in [6.45, 7) is 3.27. The quantitative estimate of drug-likeness (QED) is 0.317. The summed E-state index contributed by atoms with van der Waals surface area (Å²) in [5.41, 5.74) is 6.02. The third kappa shape index (κ3) is 7.60. The molecule has 0 spiro atoms. The Bertz CT molecular complexity index is 1320. The van der Waals surface area contributed by atoms with Crippen molar-refractivity contribution in [3.63, 3.8) is 0 Å². The van der Waals surface area contributed by atoms with E-state index in [9.17, 15) is 14.4 Å². The first-order valence-corrected chi connectivity index (χ1v) is 13.2. The number of ether oxygens (including phenoxy) is 2. The highest BCUT2D eigenvalue weighted by Gasteiger charge is 2.24. The molecule has 4 rings (SSSR count). The molecule has 1 aliphatic heterocycles. The number of carbonyl (C=O) groups is 3. The highest BCUT2D eigenvalue weighted by atomic mass is 16.5. The Labute approximate surface area is 228 Å². The lowest BCUT2D eigenvalue weighted by Gasteiger charge is -2.31. The largest absolute Gasteiger partial charge is 0.493 e. The Morgan fingerprint density at radius 3 is 2.64 bits per heavy atom. The van der Waals surface area contributed by atoms with Gasteiger partial charge in [-0.25, -0.2) is 4.79 Å². The Morgan fingerprint density at radius 1 is 1.00 bits per heavy atom. The van der Waals surface area contributed by atoms with Gasteiger partial charge < -0.3 is 24.8 Å². The number of alkyl carbamates (subject to hydrolysis) is 1. The number of amides is 2. The number of nitrogens with zero attached hydrogens (tertiary/aromatic N) is 1. The molecule has 0 radical (unpaired) electrons. The van der Waals surface area contributed by atoms with Crippen molar-refractivity contribution < 1.29 is 29.0 Å². The van der Waals surface area contributed by atoms with Crippen LogP contribution in [0.25, 0.3) is 11.1 Å². The third-order valence-corrected chi connectivity index (χ3v) is 6.65. The minimum Gasteiger partial charge on any atom is -0.493 e. The van der Waals surface area contributed by atoms with Crippen LogP contribution in [0.3, 0.4) is 0 Å². The highest BCUT2D eigenvalue weighted by molar-refractivity contribution is 5.96. The molecule has 8 nitrogen and oxygen atoms in total. The lowest BCUT2D eigenvalue weighted by molar-refractivity contribution is -0.136. The van der Waals surface area contributed by atoms with Gasteiger partial charge in [-0.15, -0.1) is 0 Å². The van der Waals surface area contributed by atoms with Crippen molar-refractivity contribution in [1.82, 2.24) is 5.32 Å². The molecular weight excluding hydrogens is 496 g/mol. The highest BCUT2D eigenvalue weighted by Crippen LogP contribution is 2.36. The van der Waals surface area contributed by atoms with E-state index < -0.39 is 12.1 Å². The van der Waals surface area contributed by atoms with Gasteiger partial charge in [0.15, 0.2) is 0 Å². The smallest absolute Gasteiger partial charge is 0.407 e. The molecule has 0 fully saturated rings. The second-order valence-electron chi connectivity index (χ2n) is 9.52. The number of carbonyl (C=O) groups excluding carboxylic acids is 2. The van der Waals surface area contributed by atoms with E-state index in [1.165, 1.54) is 0 Å². The van der Waals surface area contributed by atoms with Gasteiger partial charge in [0, 0.05) is 25.2 Å². The molecule has 39 heavy (non-hydrogen) atoms. The zero-order valence-corrected chi connectivity index (χ0v) is 22.2. The van der Waals surface area contributed by atoms with Crippen molar-refractivity contribution in [3.8, 4) is 16.9 Å². The molecule has 0 bridgehead atoms. The minimum atomic E-state index is -0.985. The normalized spacial score (nSPS) is 12.4. The van der Waals surface area contributed by atoms with E-state index in [2.05, 4.69) is 11.4 Å². The van der Waals surface area contributed by atoms with Gasteiger partial charge in [0.1, 0.15) is 12.4 Å². The Balaban J connectivity index is 1.38. The van der Waals surface area contributed by atoms with Gasteiger partial charge in [0.2, 0.25) is 5.91 Å². The number of aliphatic carboxylic acids is 1. The topological polar surface area (TPSA) is 105 Å². The van der Waals surface area contributed by atoms with E-state index >= 15 is 0 Å². The van der Waals surface area contributed by atoms with Crippen LogP contribution in [0.5, 0.6) is 5.75 Å². The van der Waals surface area contributed by atoms with Crippen molar-refractivity contribution in [2.75, 3.05) is 24.6 Å². The zero-order valence-electron chi connectivity index (χ0n) is 22.2. The number of carboxylic acids is 1. The molecule has 1 heterocycles. The van der Waals surface area contributed by atoms with Gasteiger partial charge in [-0.05, 0) is 72.2 Å². The molecule has 3 aromatic carbocycles. The van der Waals surface area contributed by atoms with E-state index in [0.29, 0.717) is 26.0 Å². The average Bonchev–Trinajstić information content (AvgIpc) is 2.94. The summed E-state index contributed by atoms with van der Waals surface area (Å²) in [5.74, 6) is -0.0384. The number of rotatable bonds is 11. The van der Waals surface area contributed by atoms with Crippen LogP contribution in [0.4, 0.5) is 10.5 Å². The molecule has 0 aromatic heterocycles. The van der Waals surface area contributed by atoms with Crippen LogP contribution < -0.4 is 15.0 Å². The zero-order chi connectivity index (χ0) is 27.6.